The molecule has 1 unspecified atom stereocenters. The highest BCUT2D eigenvalue weighted by molar-refractivity contribution is 7.99. The summed E-state index contributed by atoms with van der Waals surface area (Å²) in [6.45, 7) is 4.23. The van der Waals surface area contributed by atoms with E-state index in [1.54, 1.807) is 6.92 Å². The topological polar surface area (TPSA) is 75.2 Å². The zero-order valence-corrected chi connectivity index (χ0v) is 11.7. The van der Waals surface area contributed by atoms with Gasteiger partial charge in [-0.05, 0) is 26.0 Å². The SMILES string of the molecule is CCOc1ccc2nc(CSC(C)C(=O)O)[nH]c2c1. The van der Waals surface area contributed by atoms with Gasteiger partial charge in [0.05, 0.1) is 28.6 Å². The van der Waals surface area contributed by atoms with Crippen LogP contribution in [-0.4, -0.2) is 32.9 Å². The molecule has 0 fully saturated rings. The Bertz CT molecular complexity index is 582. The van der Waals surface area contributed by atoms with E-state index >= 15 is 0 Å². The number of nitrogens with one attached hydrogen (secondary N) is 1. The number of hydrogen-bond donors (Lipinski definition) is 2. The van der Waals surface area contributed by atoms with E-state index in [1.807, 2.05) is 25.1 Å². The third kappa shape index (κ3) is 3.41. The number of carbonyl (C=O) groups is 1. The summed E-state index contributed by atoms with van der Waals surface area (Å²) in [7, 11) is 0. The minimum atomic E-state index is -0.806. The summed E-state index contributed by atoms with van der Waals surface area (Å²) in [5.41, 5.74) is 1.77. The number of H-pyrrole nitrogens is 1. The molecule has 1 aromatic carbocycles. The molecule has 0 bridgehead atoms. The van der Waals surface area contributed by atoms with Crippen molar-refractivity contribution < 1.29 is 14.6 Å². The van der Waals surface area contributed by atoms with Crippen LogP contribution in [-0.2, 0) is 10.5 Å². The van der Waals surface area contributed by atoms with Crippen molar-refractivity contribution in [2.75, 3.05) is 6.61 Å². The van der Waals surface area contributed by atoms with Crippen LogP contribution in [0, 0.1) is 0 Å². The van der Waals surface area contributed by atoms with Crippen molar-refractivity contribution in [3.63, 3.8) is 0 Å². The molecule has 2 rings (SSSR count). The molecule has 2 N–H and O–H groups in total. The first-order valence-corrected chi connectivity index (χ1v) is 7.11. The lowest BCUT2D eigenvalue weighted by Gasteiger charge is -2.02. The summed E-state index contributed by atoms with van der Waals surface area (Å²) in [6, 6.07) is 5.68. The summed E-state index contributed by atoms with van der Waals surface area (Å²) in [5, 5.41) is 8.39. The number of aliphatic carboxylic acids is 1. The molecule has 0 radical (unpaired) electrons. The van der Waals surface area contributed by atoms with Gasteiger partial charge >= 0.3 is 5.97 Å². The fraction of sp³-hybridized carbons (Fsp3) is 0.385. The maximum absolute atomic E-state index is 10.7. The number of imidazole rings is 1. The smallest absolute Gasteiger partial charge is 0.316 e. The number of fused-ring (bicyclic) bond motifs is 1. The van der Waals surface area contributed by atoms with Crippen LogP contribution in [0.25, 0.3) is 11.0 Å². The average Bonchev–Trinajstić information content (AvgIpc) is 2.78. The van der Waals surface area contributed by atoms with Gasteiger partial charge in [-0.3, -0.25) is 4.79 Å². The monoisotopic (exact) mass is 280 g/mol. The predicted octanol–water partition coefficient (Wildman–Crippen LogP) is 2.67. The minimum absolute atomic E-state index is 0.438. The normalized spacial score (nSPS) is 12.5. The molecule has 6 heteroatoms. The highest BCUT2D eigenvalue weighted by Crippen LogP contribution is 2.22. The average molecular weight is 280 g/mol. The van der Waals surface area contributed by atoms with Crippen molar-refractivity contribution in [3.05, 3.63) is 24.0 Å². The number of carboxylic acids is 1. The first-order chi connectivity index (χ1) is 9.10. The fourth-order valence-corrected chi connectivity index (χ4v) is 2.33. The quantitative estimate of drug-likeness (QED) is 0.851. The lowest BCUT2D eigenvalue weighted by molar-refractivity contribution is -0.136. The molecule has 0 saturated heterocycles. The Kier molecular flexibility index (Phi) is 4.31. The molecule has 0 saturated carbocycles. The summed E-state index contributed by atoms with van der Waals surface area (Å²) in [6.07, 6.45) is 0. The molecule has 5 nitrogen and oxygen atoms in total. The van der Waals surface area contributed by atoms with E-state index in [0.717, 1.165) is 22.6 Å². The van der Waals surface area contributed by atoms with Gasteiger partial charge in [-0.2, -0.15) is 0 Å². The summed E-state index contributed by atoms with van der Waals surface area (Å²) >= 11 is 1.34. The molecule has 0 aliphatic rings. The number of aromatic nitrogens is 2. The molecule has 1 aromatic heterocycles. The van der Waals surface area contributed by atoms with Gasteiger partial charge in [0.1, 0.15) is 11.6 Å². The van der Waals surface area contributed by atoms with Gasteiger partial charge in [-0.1, -0.05) is 0 Å². The highest BCUT2D eigenvalue weighted by Gasteiger charge is 2.12. The largest absolute Gasteiger partial charge is 0.494 e. The van der Waals surface area contributed by atoms with E-state index in [1.165, 1.54) is 11.8 Å². The van der Waals surface area contributed by atoms with Crippen LogP contribution >= 0.6 is 11.8 Å². The lowest BCUT2D eigenvalue weighted by Crippen LogP contribution is -2.11. The maximum atomic E-state index is 10.7. The van der Waals surface area contributed by atoms with Crippen LogP contribution in [0.4, 0.5) is 0 Å². The third-order valence-electron chi connectivity index (χ3n) is 2.63. The van der Waals surface area contributed by atoms with Crippen molar-refractivity contribution >= 4 is 28.8 Å². The Hall–Kier alpha value is -1.69. The lowest BCUT2D eigenvalue weighted by atomic mass is 10.3. The van der Waals surface area contributed by atoms with E-state index in [2.05, 4.69) is 9.97 Å². The summed E-state index contributed by atoms with van der Waals surface area (Å²) < 4.78 is 5.42. The van der Waals surface area contributed by atoms with E-state index in [-0.39, 0.29) is 0 Å². The molecule has 19 heavy (non-hydrogen) atoms. The van der Waals surface area contributed by atoms with Gasteiger partial charge in [0.2, 0.25) is 0 Å². The van der Waals surface area contributed by atoms with Gasteiger partial charge in [0, 0.05) is 6.07 Å². The van der Waals surface area contributed by atoms with E-state index in [9.17, 15) is 4.79 Å². The van der Waals surface area contributed by atoms with Gasteiger partial charge < -0.3 is 14.8 Å². The van der Waals surface area contributed by atoms with Gasteiger partial charge in [0.25, 0.3) is 0 Å². The maximum Gasteiger partial charge on any atom is 0.316 e. The van der Waals surface area contributed by atoms with Crippen LogP contribution in [0.5, 0.6) is 5.75 Å². The van der Waals surface area contributed by atoms with Crippen molar-refractivity contribution in [2.24, 2.45) is 0 Å². The van der Waals surface area contributed by atoms with Gasteiger partial charge in [-0.25, -0.2) is 4.98 Å². The van der Waals surface area contributed by atoms with Crippen LogP contribution in [0.3, 0.4) is 0 Å². The number of carboxylic acid groups (broad SMARTS) is 1. The Morgan fingerprint density at radius 2 is 2.37 bits per heavy atom. The van der Waals surface area contributed by atoms with Crippen molar-refractivity contribution in [1.29, 1.82) is 0 Å². The van der Waals surface area contributed by atoms with E-state index in [4.69, 9.17) is 9.84 Å². The Labute approximate surface area is 115 Å². The van der Waals surface area contributed by atoms with Gasteiger partial charge in [0.15, 0.2) is 0 Å². The summed E-state index contributed by atoms with van der Waals surface area (Å²) in [5.74, 6) is 1.32. The van der Waals surface area contributed by atoms with E-state index < -0.39 is 11.2 Å². The Morgan fingerprint density at radius 1 is 1.58 bits per heavy atom. The van der Waals surface area contributed by atoms with Gasteiger partial charge in [-0.15, -0.1) is 11.8 Å². The molecule has 0 aliphatic heterocycles. The zero-order chi connectivity index (χ0) is 13.8. The molecular weight excluding hydrogens is 264 g/mol. The molecule has 102 valence electrons. The summed E-state index contributed by atoms with van der Waals surface area (Å²) in [4.78, 5) is 18.3. The number of benzene rings is 1. The van der Waals surface area contributed by atoms with E-state index in [0.29, 0.717) is 12.4 Å². The number of thioether (sulfide) groups is 1. The van der Waals surface area contributed by atoms with Crippen LogP contribution < -0.4 is 4.74 Å². The second-order valence-corrected chi connectivity index (χ2v) is 5.42. The Balaban J connectivity index is 2.10. The predicted molar refractivity (Wildman–Crippen MR) is 75.7 cm³/mol. The first-order valence-electron chi connectivity index (χ1n) is 6.06. The molecule has 2 aromatic rings. The standard InChI is InChI=1S/C13H16N2O3S/c1-3-18-9-4-5-10-11(6-9)15-12(14-10)7-19-8(2)13(16)17/h4-6,8H,3,7H2,1-2H3,(H,14,15)(H,16,17). The van der Waals surface area contributed by atoms with Crippen LogP contribution in [0.2, 0.25) is 0 Å². The number of aromatic amines is 1. The third-order valence-corrected chi connectivity index (χ3v) is 3.77. The second kappa shape index (κ2) is 5.97. The number of hydrogen-bond acceptors (Lipinski definition) is 4. The van der Waals surface area contributed by atoms with Crippen molar-refractivity contribution in [3.8, 4) is 5.75 Å². The Morgan fingerprint density at radius 3 is 3.05 bits per heavy atom. The first kappa shape index (κ1) is 13.7. The molecule has 0 aliphatic carbocycles. The minimum Gasteiger partial charge on any atom is -0.494 e. The zero-order valence-electron chi connectivity index (χ0n) is 10.8. The molecule has 1 heterocycles. The second-order valence-electron chi connectivity index (χ2n) is 4.09. The number of ether oxygens (including phenoxy) is 1. The fourth-order valence-electron chi connectivity index (χ4n) is 1.64. The highest BCUT2D eigenvalue weighted by atomic mass is 32.2. The number of rotatable bonds is 6. The molecule has 1 atom stereocenters. The van der Waals surface area contributed by atoms with Crippen LogP contribution in [0.15, 0.2) is 18.2 Å². The van der Waals surface area contributed by atoms with Crippen molar-refractivity contribution in [1.82, 2.24) is 9.97 Å². The molecular formula is C13H16N2O3S. The van der Waals surface area contributed by atoms with Crippen LogP contribution in [0.1, 0.15) is 19.7 Å². The number of nitrogens with zero attached hydrogens (tertiary/aromatic N) is 1. The van der Waals surface area contributed by atoms with Crippen molar-refractivity contribution in [2.45, 2.75) is 24.9 Å². The molecule has 0 spiro atoms. The molecule has 0 amide bonds.